The van der Waals surface area contributed by atoms with Crippen molar-refractivity contribution in [1.29, 1.82) is 0 Å². The Bertz CT molecular complexity index is 946. The van der Waals surface area contributed by atoms with Crippen molar-refractivity contribution in [3.05, 3.63) is 72.9 Å². The predicted octanol–water partition coefficient (Wildman–Crippen LogP) is 3.89. The highest BCUT2D eigenvalue weighted by molar-refractivity contribution is 5.63. The lowest BCUT2D eigenvalue weighted by atomic mass is 10.1. The maximum atomic E-state index is 5.61. The van der Waals surface area contributed by atoms with Gasteiger partial charge in [-0.15, -0.1) is 0 Å². The number of aromatic nitrogens is 4. The number of ether oxygens (including phenoxy) is 1. The number of benzene rings is 1. The highest BCUT2D eigenvalue weighted by Crippen LogP contribution is 2.21. The molecule has 0 aliphatic rings. The fraction of sp³-hybridized carbons (Fsp3) is 0.0556. The minimum Gasteiger partial charge on any atom is -0.424 e. The van der Waals surface area contributed by atoms with Gasteiger partial charge in [-0.2, -0.15) is 0 Å². The van der Waals surface area contributed by atoms with E-state index < -0.39 is 0 Å². The number of aryl methyl sites for hydroxylation is 1. The molecule has 23 heavy (non-hydrogen) atoms. The Hall–Kier alpha value is -3.21. The SMILES string of the molecule is Cc1cn2cc(-c3cnc(Oc4ccccc4)nc3)ccc2n1. The van der Waals surface area contributed by atoms with Crippen molar-refractivity contribution < 1.29 is 4.74 Å². The minimum atomic E-state index is 0.333. The average Bonchev–Trinajstić information content (AvgIpc) is 2.95. The van der Waals surface area contributed by atoms with Crippen LogP contribution in [0.25, 0.3) is 16.8 Å². The molecule has 0 radical (unpaired) electrons. The van der Waals surface area contributed by atoms with Gasteiger partial charge in [-0.25, -0.2) is 15.0 Å². The second-order valence-corrected chi connectivity index (χ2v) is 5.23. The normalized spacial score (nSPS) is 10.8. The Morgan fingerprint density at radius 2 is 1.65 bits per heavy atom. The summed E-state index contributed by atoms with van der Waals surface area (Å²) in [6.07, 6.45) is 7.53. The van der Waals surface area contributed by atoms with Crippen molar-refractivity contribution in [1.82, 2.24) is 19.4 Å². The molecular weight excluding hydrogens is 288 g/mol. The van der Waals surface area contributed by atoms with E-state index in [1.165, 1.54) is 0 Å². The third-order valence-corrected chi connectivity index (χ3v) is 3.49. The van der Waals surface area contributed by atoms with Crippen LogP contribution in [0.3, 0.4) is 0 Å². The van der Waals surface area contributed by atoms with E-state index in [0.717, 1.165) is 28.2 Å². The number of fused-ring (bicyclic) bond motifs is 1. The lowest BCUT2D eigenvalue weighted by Gasteiger charge is -2.05. The second kappa shape index (κ2) is 5.53. The van der Waals surface area contributed by atoms with E-state index in [2.05, 4.69) is 15.0 Å². The summed E-state index contributed by atoms with van der Waals surface area (Å²) in [6.45, 7) is 1.98. The van der Waals surface area contributed by atoms with Crippen LogP contribution in [0.4, 0.5) is 0 Å². The molecule has 0 fully saturated rings. The number of nitrogens with zero attached hydrogens (tertiary/aromatic N) is 4. The molecule has 0 atom stereocenters. The predicted molar refractivity (Wildman–Crippen MR) is 87.5 cm³/mol. The van der Waals surface area contributed by atoms with Crippen molar-refractivity contribution in [3.63, 3.8) is 0 Å². The second-order valence-electron chi connectivity index (χ2n) is 5.23. The summed E-state index contributed by atoms with van der Waals surface area (Å²) >= 11 is 0. The summed E-state index contributed by atoms with van der Waals surface area (Å²) in [6, 6.07) is 13.8. The number of hydrogen-bond donors (Lipinski definition) is 0. The number of pyridine rings is 1. The van der Waals surface area contributed by atoms with Gasteiger partial charge in [0.15, 0.2) is 0 Å². The fourth-order valence-corrected chi connectivity index (χ4v) is 2.40. The van der Waals surface area contributed by atoms with Gasteiger partial charge in [0.05, 0.1) is 5.69 Å². The van der Waals surface area contributed by atoms with E-state index in [9.17, 15) is 0 Å². The summed E-state index contributed by atoms with van der Waals surface area (Å²) in [5.41, 5.74) is 3.88. The van der Waals surface area contributed by atoms with Crippen molar-refractivity contribution in [2.24, 2.45) is 0 Å². The third-order valence-electron chi connectivity index (χ3n) is 3.49. The summed E-state index contributed by atoms with van der Waals surface area (Å²) < 4.78 is 7.60. The van der Waals surface area contributed by atoms with Gasteiger partial charge in [-0.05, 0) is 31.2 Å². The topological polar surface area (TPSA) is 52.3 Å². The molecule has 4 rings (SSSR count). The first-order chi connectivity index (χ1) is 11.3. The van der Waals surface area contributed by atoms with E-state index in [-0.39, 0.29) is 0 Å². The van der Waals surface area contributed by atoms with Crippen LogP contribution in [0.15, 0.2) is 67.3 Å². The molecule has 3 aromatic heterocycles. The largest absolute Gasteiger partial charge is 0.424 e. The van der Waals surface area contributed by atoms with Gasteiger partial charge >= 0.3 is 6.01 Å². The van der Waals surface area contributed by atoms with Crippen molar-refractivity contribution in [3.8, 4) is 22.9 Å². The molecule has 4 aromatic rings. The molecule has 3 heterocycles. The first-order valence-electron chi connectivity index (χ1n) is 7.29. The van der Waals surface area contributed by atoms with Crippen molar-refractivity contribution in [2.75, 3.05) is 0 Å². The fourth-order valence-electron chi connectivity index (χ4n) is 2.40. The molecule has 0 amide bonds. The standard InChI is InChI=1S/C18H14N4O/c1-13-11-22-12-14(7-8-17(22)21-13)15-9-19-18(20-10-15)23-16-5-3-2-4-6-16/h2-12H,1H3. The van der Waals surface area contributed by atoms with Gasteiger partial charge < -0.3 is 9.14 Å². The van der Waals surface area contributed by atoms with Gasteiger partial charge in [-0.1, -0.05) is 18.2 Å². The third kappa shape index (κ3) is 2.76. The van der Waals surface area contributed by atoms with Crippen LogP contribution in [0, 0.1) is 6.92 Å². The Balaban J connectivity index is 1.61. The highest BCUT2D eigenvalue weighted by atomic mass is 16.5. The zero-order valence-corrected chi connectivity index (χ0v) is 12.5. The van der Waals surface area contributed by atoms with E-state index >= 15 is 0 Å². The molecule has 0 unspecified atom stereocenters. The molecule has 0 spiro atoms. The highest BCUT2D eigenvalue weighted by Gasteiger charge is 2.05. The number of hydrogen-bond acceptors (Lipinski definition) is 4. The molecule has 0 bridgehead atoms. The van der Waals surface area contributed by atoms with Crippen LogP contribution in [-0.4, -0.2) is 19.4 Å². The number of para-hydroxylation sites is 1. The zero-order chi connectivity index (χ0) is 15.6. The zero-order valence-electron chi connectivity index (χ0n) is 12.5. The van der Waals surface area contributed by atoms with E-state index in [1.807, 2.05) is 66.2 Å². The van der Waals surface area contributed by atoms with Crippen LogP contribution in [0.5, 0.6) is 11.8 Å². The van der Waals surface area contributed by atoms with Gasteiger partial charge in [0.25, 0.3) is 0 Å². The molecular formula is C18H14N4O. The molecule has 0 N–H and O–H groups in total. The first-order valence-corrected chi connectivity index (χ1v) is 7.29. The smallest absolute Gasteiger partial charge is 0.321 e. The number of rotatable bonds is 3. The Kier molecular flexibility index (Phi) is 3.24. The first kappa shape index (κ1) is 13.5. The van der Waals surface area contributed by atoms with Gasteiger partial charge in [0, 0.05) is 35.9 Å². The van der Waals surface area contributed by atoms with E-state index in [4.69, 9.17) is 4.74 Å². The van der Waals surface area contributed by atoms with Gasteiger partial charge in [-0.3, -0.25) is 0 Å². The van der Waals surface area contributed by atoms with E-state index in [1.54, 1.807) is 12.4 Å². The summed E-state index contributed by atoms with van der Waals surface area (Å²) in [4.78, 5) is 13.0. The van der Waals surface area contributed by atoms with Gasteiger partial charge in [0.1, 0.15) is 11.4 Å². The molecule has 5 heteroatoms. The van der Waals surface area contributed by atoms with E-state index in [0.29, 0.717) is 6.01 Å². The molecule has 5 nitrogen and oxygen atoms in total. The molecule has 0 aliphatic carbocycles. The Morgan fingerprint density at radius 3 is 2.43 bits per heavy atom. The molecule has 112 valence electrons. The quantitative estimate of drug-likeness (QED) is 0.576. The van der Waals surface area contributed by atoms with Crippen LogP contribution in [-0.2, 0) is 0 Å². The van der Waals surface area contributed by atoms with Crippen LogP contribution in [0.2, 0.25) is 0 Å². The van der Waals surface area contributed by atoms with Crippen molar-refractivity contribution in [2.45, 2.75) is 6.92 Å². The Labute approximate surface area is 133 Å². The van der Waals surface area contributed by atoms with Gasteiger partial charge in [0.2, 0.25) is 0 Å². The summed E-state index contributed by atoms with van der Waals surface area (Å²) in [7, 11) is 0. The lowest BCUT2D eigenvalue weighted by molar-refractivity contribution is 0.442. The minimum absolute atomic E-state index is 0.333. The molecule has 0 saturated carbocycles. The maximum Gasteiger partial charge on any atom is 0.321 e. The molecule has 1 aromatic carbocycles. The van der Waals surface area contributed by atoms with Crippen LogP contribution in [0.1, 0.15) is 5.69 Å². The van der Waals surface area contributed by atoms with Crippen LogP contribution >= 0.6 is 0 Å². The average molecular weight is 302 g/mol. The molecule has 0 aliphatic heterocycles. The summed E-state index contributed by atoms with van der Waals surface area (Å²) in [5, 5.41) is 0. The maximum absolute atomic E-state index is 5.61. The summed E-state index contributed by atoms with van der Waals surface area (Å²) in [5.74, 6) is 0.718. The Morgan fingerprint density at radius 1 is 0.870 bits per heavy atom. The molecule has 0 saturated heterocycles. The monoisotopic (exact) mass is 302 g/mol. The number of imidazole rings is 1. The lowest BCUT2D eigenvalue weighted by Crippen LogP contribution is -1.92. The van der Waals surface area contributed by atoms with Crippen molar-refractivity contribution >= 4 is 5.65 Å². The van der Waals surface area contributed by atoms with Crippen LogP contribution < -0.4 is 4.74 Å².